The van der Waals surface area contributed by atoms with Crippen LogP contribution in [-0.2, 0) is 6.54 Å². The van der Waals surface area contributed by atoms with E-state index in [1.54, 1.807) is 7.11 Å². The summed E-state index contributed by atoms with van der Waals surface area (Å²) in [6.07, 6.45) is 0. The maximum Gasteiger partial charge on any atom is 0.138 e. The molecule has 5 heteroatoms. The molecule has 0 bridgehead atoms. The Hall–Kier alpha value is -1.20. The van der Waals surface area contributed by atoms with Crippen molar-refractivity contribution in [2.45, 2.75) is 13.5 Å². The lowest BCUT2D eigenvalue weighted by Gasteiger charge is -2.13. The van der Waals surface area contributed by atoms with Gasteiger partial charge in [0.25, 0.3) is 0 Å². The highest BCUT2D eigenvalue weighted by atomic mass is 79.9. The Morgan fingerprint density at radius 2 is 1.95 bits per heavy atom. The summed E-state index contributed by atoms with van der Waals surface area (Å²) in [7, 11) is 1.67. The molecule has 2 aromatic rings. The minimum Gasteiger partial charge on any atom is -0.495 e. The Morgan fingerprint density at radius 1 is 1.14 bits per heavy atom. The van der Waals surface area contributed by atoms with Crippen LogP contribution in [0.3, 0.4) is 0 Å². The number of anilines is 1. The molecular weight excluding hydrogens is 398 g/mol. The van der Waals surface area contributed by atoms with Crippen molar-refractivity contribution in [3.8, 4) is 11.5 Å². The summed E-state index contributed by atoms with van der Waals surface area (Å²) in [6, 6.07) is 11.9. The number of hydrogen-bond donors (Lipinski definition) is 1. The Kier molecular flexibility index (Phi) is 5.94. The molecule has 0 amide bonds. The second-order valence-corrected chi connectivity index (χ2v) is 6.16. The van der Waals surface area contributed by atoms with E-state index in [0.717, 1.165) is 31.7 Å². The first-order valence-electron chi connectivity index (χ1n) is 6.62. The summed E-state index contributed by atoms with van der Waals surface area (Å²) in [5.41, 5.74) is 2.08. The molecule has 0 unspecified atom stereocenters. The van der Waals surface area contributed by atoms with E-state index in [4.69, 9.17) is 9.47 Å². The van der Waals surface area contributed by atoms with Crippen LogP contribution in [0.4, 0.5) is 5.69 Å². The number of halogens is 2. The van der Waals surface area contributed by atoms with Crippen molar-refractivity contribution in [2.24, 2.45) is 0 Å². The summed E-state index contributed by atoms with van der Waals surface area (Å²) in [4.78, 5) is 0. The fourth-order valence-electron chi connectivity index (χ4n) is 2.03. The fraction of sp³-hybridized carbons (Fsp3) is 0.250. The van der Waals surface area contributed by atoms with Gasteiger partial charge in [-0.05, 0) is 47.1 Å². The van der Waals surface area contributed by atoms with E-state index in [0.29, 0.717) is 13.2 Å². The minimum atomic E-state index is 0.663. The van der Waals surface area contributed by atoms with E-state index in [9.17, 15) is 0 Å². The molecule has 3 nitrogen and oxygen atoms in total. The topological polar surface area (TPSA) is 30.5 Å². The van der Waals surface area contributed by atoms with Crippen molar-refractivity contribution in [1.82, 2.24) is 0 Å². The van der Waals surface area contributed by atoms with E-state index in [1.165, 1.54) is 0 Å². The van der Waals surface area contributed by atoms with Gasteiger partial charge in [-0.15, -0.1) is 0 Å². The lowest BCUT2D eigenvalue weighted by atomic mass is 10.2. The Balaban J connectivity index is 2.14. The van der Waals surface area contributed by atoms with Gasteiger partial charge in [-0.3, -0.25) is 0 Å². The second-order valence-electron chi connectivity index (χ2n) is 4.39. The quantitative estimate of drug-likeness (QED) is 0.701. The molecule has 0 heterocycles. The lowest BCUT2D eigenvalue weighted by Crippen LogP contribution is -2.03. The molecule has 0 saturated heterocycles. The second kappa shape index (κ2) is 7.71. The average molecular weight is 415 g/mol. The van der Waals surface area contributed by atoms with Crippen LogP contribution >= 0.6 is 31.9 Å². The Bertz CT molecular complexity index is 617. The summed E-state index contributed by atoms with van der Waals surface area (Å²) >= 11 is 7.02. The zero-order chi connectivity index (χ0) is 15.2. The van der Waals surface area contributed by atoms with Gasteiger partial charge in [-0.2, -0.15) is 0 Å². The molecule has 0 radical (unpaired) electrons. The van der Waals surface area contributed by atoms with Crippen LogP contribution < -0.4 is 14.8 Å². The number of nitrogens with one attached hydrogen (secondary N) is 1. The van der Waals surface area contributed by atoms with E-state index in [-0.39, 0.29) is 0 Å². The molecule has 2 aromatic carbocycles. The van der Waals surface area contributed by atoms with Crippen molar-refractivity contribution in [2.75, 3.05) is 19.0 Å². The first-order chi connectivity index (χ1) is 10.1. The van der Waals surface area contributed by atoms with Gasteiger partial charge in [-0.1, -0.05) is 22.0 Å². The zero-order valence-corrected chi connectivity index (χ0v) is 15.1. The lowest BCUT2D eigenvalue weighted by molar-refractivity contribution is 0.340. The van der Waals surface area contributed by atoms with Gasteiger partial charge in [-0.25, -0.2) is 0 Å². The predicted octanol–water partition coefficient (Wildman–Crippen LogP) is 5.23. The van der Waals surface area contributed by atoms with Gasteiger partial charge in [0, 0.05) is 28.3 Å². The molecule has 0 atom stereocenters. The molecule has 2 rings (SSSR count). The normalized spacial score (nSPS) is 10.3. The Morgan fingerprint density at radius 3 is 2.67 bits per heavy atom. The average Bonchev–Trinajstić information content (AvgIpc) is 2.45. The molecular formula is C16H17Br2NO2. The largest absolute Gasteiger partial charge is 0.495 e. The van der Waals surface area contributed by atoms with Crippen molar-refractivity contribution in [3.05, 3.63) is 50.9 Å². The summed E-state index contributed by atoms with van der Waals surface area (Å²) < 4.78 is 12.9. The van der Waals surface area contributed by atoms with Crippen LogP contribution in [-0.4, -0.2) is 13.7 Å². The number of ether oxygens (including phenoxy) is 2. The summed E-state index contributed by atoms with van der Waals surface area (Å²) in [5, 5.41) is 3.39. The van der Waals surface area contributed by atoms with E-state index in [2.05, 4.69) is 37.2 Å². The number of rotatable bonds is 6. The van der Waals surface area contributed by atoms with Crippen LogP contribution in [0.15, 0.2) is 45.3 Å². The first kappa shape index (κ1) is 16.2. The molecule has 0 spiro atoms. The van der Waals surface area contributed by atoms with Crippen molar-refractivity contribution in [3.63, 3.8) is 0 Å². The van der Waals surface area contributed by atoms with Gasteiger partial charge in [0.2, 0.25) is 0 Å². The monoisotopic (exact) mass is 413 g/mol. The van der Waals surface area contributed by atoms with E-state index in [1.807, 2.05) is 43.3 Å². The first-order valence-corrected chi connectivity index (χ1v) is 8.21. The van der Waals surface area contributed by atoms with Crippen LogP contribution in [0, 0.1) is 0 Å². The zero-order valence-electron chi connectivity index (χ0n) is 12.0. The van der Waals surface area contributed by atoms with Crippen LogP contribution in [0.2, 0.25) is 0 Å². The summed E-state index contributed by atoms with van der Waals surface area (Å²) in [6.45, 7) is 3.30. The standard InChI is InChI=1S/C16H17Br2NO2/c1-3-21-14-6-4-5-13(9-14)19-10-11-7-12(17)8-15(18)16(11)20-2/h4-9,19H,3,10H2,1-2H3. The van der Waals surface area contributed by atoms with Crippen LogP contribution in [0.1, 0.15) is 12.5 Å². The molecule has 0 aliphatic rings. The van der Waals surface area contributed by atoms with Gasteiger partial charge in [0.15, 0.2) is 0 Å². The molecule has 0 aliphatic carbocycles. The van der Waals surface area contributed by atoms with Crippen LogP contribution in [0.5, 0.6) is 11.5 Å². The predicted molar refractivity (Wildman–Crippen MR) is 93.3 cm³/mol. The summed E-state index contributed by atoms with van der Waals surface area (Å²) in [5.74, 6) is 1.71. The third-order valence-corrected chi connectivity index (χ3v) is 3.96. The number of hydrogen-bond acceptors (Lipinski definition) is 3. The number of benzene rings is 2. The molecule has 112 valence electrons. The van der Waals surface area contributed by atoms with E-state index >= 15 is 0 Å². The van der Waals surface area contributed by atoms with Crippen molar-refractivity contribution < 1.29 is 9.47 Å². The molecule has 0 aromatic heterocycles. The molecule has 0 aliphatic heterocycles. The van der Waals surface area contributed by atoms with Crippen molar-refractivity contribution >= 4 is 37.5 Å². The van der Waals surface area contributed by atoms with Gasteiger partial charge in [0.05, 0.1) is 18.2 Å². The Labute approximate surface area is 141 Å². The molecule has 1 N–H and O–H groups in total. The smallest absolute Gasteiger partial charge is 0.138 e. The van der Waals surface area contributed by atoms with Gasteiger partial charge >= 0.3 is 0 Å². The minimum absolute atomic E-state index is 0.663. The van der Waals surface area contributed by atoms with Gasteiger partial charge < -0.3 is 14.8 Å². The van der Waals surface area contributed by atoms with E-state index < -0.39 is 0 Å². The van der Waals surface area contributed by atoms with Crippen LogP contribution in [0.25, 0.3) is 0 Å². The highest BCUT2D eigenvalue weighted by molar-refractivity contribution is 9.11. The fourth-order valence-corrected chi connectivity index (χ4v) is 3.51. The highest BCUT2D eigenvalue weighted by Gasteiger charge is 2.09. The molecule has 21 heavy (non-hydrogen) atoms. The third-order valence-electron chi connectivity index (χ3n) is 2.92. The highest BCUT2D eigenvalue weighted by Crippen LogP contribution is 2.33. The van der Waals surface area contributed by atoms with Crippen molar-refractivity contribution in [1.29, 1.82) is 0 Å². The van der Waals surface area contributed by atoms with Gasteiger partial charge in [0.1, 0.15) is 11.5 Å². The molecule has 0 saturated carbocycles. The number of methoxy groups -OCH3 is 1. The maximum absolute atomic E-state index is 5.50. The molecule has 0 fully saturated rings. The maximum atomic E-state index is 5.50. The third kappa shape index (κ3) is 4.38. The SMILES string of the molecule is CCOc1cccc(NCc2cc(Br)cc(Br)c2OC)c1.